The van der Waals surface area contributed by atoms with Crippen molar-refractivity contribution in [1.29, 1.82) is 0 Å². The van der Waals surface area contributed by atoms with Crippen molar-refractivity contribution < 1.29 is 24.5 Å². The number of aromatic hydroxyl groups is 2. The van der Waals surface area contributed by atoms with Crippen LogP contribution in [-0.4, -0.2) is 70.5 Å². The molecule has 2 amide bonds. The van der Waals surface area contributed by atoms with E-state index in [0.29, 0.717) is 26.2 Å². The van der Waals surface area contributed by atoms with Gasteiger partial charge in [0.25, 0.3) is 11.8 Å². The molecule has 0 saturated carbocycles. The van der Waals surface area contributed by atoms with Gasteiger partial charge in [0.2, 0.25) is 0 Å². The SMILES string of the molecule is CCN(C)CCCOc1ccc2c(c1)CN(C(=O)c1cc(C(=O)N(C)Cc3cccs3)c(O)cc1O)C2. The highest BCUT2D eigenvalue weighted by molar-refractivity contribution is 7.09. The smallest absolute Gasteiger partial charge is 0.258 e. The van der Waals surface area contributed by atoms with Gasteiger partial charge in [0.15, 0.2) is 0 Å². The van der Waals surface area contributed by atoms with Crippen LogP contribution in [0.15, 0.2) is 47.8 Å². The Balaban J connectivity index is 1.44. The van der Waals surface area contributed by atoms with Gasteiger partial charge in [-0.3, -0.25) is 9.59 Å². The van der Waals surface area contributed by atoms with Crippen LogP contribution in [0.2, 0.25) is 0 Å². The van der Waals surface area contributed by atoms with Gasteiger partial charge >= 0.3 is 0 Å². The highest BCUT2D eigenvalue weighted by Gasteiger charge is 2.28. The molecule has 8 nitrogen and oxygen atoms in total. The monoisotopic (exact) mass is 523 g/mol. The van der Waals surface area contributed by atoms with E-state index in [2.05, 4.69) is 18.9 Å². The molecule has 2 heterocycles. The molecule has 4 rings (SSSR count). The number of carbonyl (C=O) groups is 2. The van der Waals surface area contributed by atoms with Crippen LogP contribution in [0.4, 0.5) is 0 Å². The molecule has 0 unspecified atom stereocenters. The first-order chi connectivity index (χ1) is 17.8. The van der Waals surface area contributed by atoms with Crippen molar-refractivity contribution in [3.8, 4) is 17.2 Å². The Bertz CT molecular complexity index is 1260. The Morgan fingerprint density at radius 2 is 1.78 bits per heavy atom. The first-order valence-corrected chi connectivity index (χ1v) is 13.2. The Morgan fingerprint density at radius 1 is 1.03 bits per heavy atom. The molecule has 196 valence electrons. The largest absolute Gasteiger partial charge is 0.507 e. The summed E-state index contributed by atoms with van der Waals surface area (Å²) in [7, 11) is 3.71. The maximum Gasteiger partial charge on any atom is 0.258 e. The number of nitrogens with zero attached hydrogens (tertiary/aromatic N) is 3. The maximum absolute atomic E-state index is 13.4. The molecule has 0 aliphatic carbocycles. The minimum absolute atomic E-state index is 0.0185. The second kappa shape index (κ2) is 11.7. The molecule has 2 N–H and O–H groups in total. The maximum atomic E-state index is 13.4. The van der Waals surface area contributed by atoms with E-state index in [4.69, 9.17) is 4.74 Å². The molecular formula is C28H33N3O5S. The predicted octanol–water partition coefficient (Wildman–Crippen LogP) is 4.31. The summed E-state index contributed by atoms with van der Waals surface area (Å²) >= 11 is 1.53. The molecule has 3 aromatic rings. The second-order valence-corrected chi connectivity index (χ2v) is 10.3. The summed E-state index contributed by atoms with van der Waals surface area (Å²) in [6.07, 6.45) is 0.926. The lowest BCUT2D eigenvalue weighted by Crippen LogP contribution is -2.28. The van der Waals surface area contributed by atoms with Crippen LogP contribution in [0, 0.1) is 0 Å². The third-order valence-corrected chi connectivity index (χ3v) is 7.44. The lowest BCUT2D eigenvalue weighted by Gasteiger charge is -2.20. The van der Waals surface area contributed by atoms with Gasteiger partial charge in [0.05, 0.1) is 24.3 Å². The van der Waals surface area contributed by atoms with Crippen LogP contribution in [0.1, 0.15) is 50.1 Å². The summed E-state index contributed by atoms with van der Waals surface area (Å²) in [6.45, 7) is 5.83. The van der Waals surface area contributed by atoms with Crippen molar-refractivity contribution in [2.75, 3.05) is 33.8 Å². The summed E-state index contributed by atoms with van der Waals surface area (Å²) in [5, 5.41) is 22.8. The summed E-state index contributed by atoms with van der Waals surface area (Å²) in [5.74, 6) is -0.808. The van der Waals surface area contributed by atoms with Crippen LogP contribution < -0.4 is 4.74 Å². The normalized spacial score (nSPS) is 12.6. The standard InChI is InChI=1S/C28H33N3O5S/c1-4-29(2)10-6-11-36-21-9-8-19-16-31(17-20(19)13-21)28(35)24-14-23(25(32)15-26(24)33)27(34)30(3)18-22-7-5-12-37-22/h5,7-9,12-15,32-33H,4,6,10-11,16-18H2,1-3H3. The molecule has 0 radical (unpaired) electrons. The fourth-order valence-electron chi connectivity index (χ4n) is 4.29. The zero-order valence-electron chi connectivity index (χ0n) is 21.4. The van der Waals surface area contributed by atoms with Gasteiger partial charge in [-0.15, -0.1) is 11.3 Å². The lowest BCUT2D eigenvalue weighted by atomic mass is 10.1. The van der Waals surface area contributed by atoms with E-state index in [1.165, 1.54) is 22.3 Å². The van der Waals surface area contributed by atoms with Gasteiger partial charge in [-0.1, -0.05) is 19.1 Å². The summed E-state index contributed by atoms with van der Waals surface area (Å²) in [4.78, 5) is 32.7. The Hall–Kier alpha value is -3.56. The van der Waals surface area contributed by atoms with Gasteiger partial charge in [-0.05, 0) is 60.8 Å². The highest BCUT2D eigenvalue weighted by Crippen LogP contribution is 2.33. The number of phenols is 2. The van der Waals surface area contributed by atoms with E-state index in [1.54, 1.807) is 11.9 Å². The van der Waals surface area contributed by atoms with Gasteiger partial charge in [0.1, 0.15) is 17.2 Å². The van der Waals surface area contributed by atoms with Crippen LogP contribution in [-0.2, 0) is 19.6 Å². The van der Waals surface area contributed by atoms with Crippen molar-refractivity contribution in [3.63, 3.8) is 0 Å². The summed E-state index contributed by atoms with van der Waals surface area (Å²) in [5.41, 5.74) is 1.95. The van der Waals surface area contributed by atoms with E-state index >= 15 is 0 Å². The zero-order valence-corrected chi connectivity index (χ0v) is 22.3. The third-order valence-electron chi connectivity index (χ3n) is 6.57. The molecule has 1 aliphatic rings. The molecular weight excluding hydrogens is 490 g/mol. The number of phenolic OH excluding ortho intramolecular Hbond substituents is 2. The van der Waals surface area contributed by atoms with Crippen LogP contribution in [0.25, 0.3) is 0 Å². The summed E-state index contributed by atoms with van der Waals surface area (Å²) in [6, 6.07) is 12.0. The number of ether oxygens (including phenoxy) is 1. The first-order valence-electron chi connectivity index (χ1n) is 12.3. The molecule has 0 saturated heterocycles. The van der Waals surface area contributed by atoms with Crippen LogP contribution in [0.5, 0.6) is 17.2 Å². The fourth-order valence-corrected chi connectivity index (χ4v) is 5.05. The Morgan fingerprint density at radius 3 is 2.51 bits per heavy atom. The molecule has 1 aromatic heterocycles. The third kappa shape index (κ3) is 6.23. The van der Waals surface area contributed by atoms with Crippen molar-refractivity contribution in [2.45, 2.75) is 33.0 Å². The number of hydrogen-bond acceptors (Lipinski definition) is 7. The average Bonchev–Trinajstić information content (AvgIpc) is 3.55. The van der Waals surface area contributed by atoms with Crippen LogP contribution in [0.3, 0.4) is 0 Å². The number of thiophene rings is 1. The second-order valence-electron chi connectivity index (χ2n) is 9.32. The van der Waals surface area contributed by atoms with Crippen molar-refractivity contribution in [1.82, 2.24) is 14.7 Å². The molecule has 0 spiro atoms. The lowest BCUT2D eigenvalue weighted by molar-refractivity contribution is 0.0748. The molecule has 0 atom stereocenters. The van der Waals surface area contributed by atoms with Crippen molar-refractivity contribution >= 4 is 23.2 Å². The van der Waals surface area contributed by atoms with Gasteiger partial charge < -0.3 is 29.6 Å². The van der Waals surface area contributed by atoms with Gasteiger partial charge in [0, 0.05) is 37.6 Å². The molecule has 37 heavy (non-hydrogen) atoms. The Labute approximate surface area is 221 Å². The minimum Gasteiger partial charge on any atom is -0.507 e. The van der Waals surface area contributed by atoms with Gasteiger partial charge in [-0.2, -0.15) is 0 Å². The molecule has 0 bridgehead atoms. The number of carbonyl (C=O) groups excluding carboxylic acids is 2. The zero-order chi connectivity index (χ0) is 26.5. The predicted molar refractivity (Wildman–Crippen MR) is 143 cm³/mol. The molecule has 2 aromatic carbocycles. The molecule has 1 aliphatic heterocycles. The Kier molecular flexibility index (Phi) is 8.35. The quantitative estimate of drug-likeness (QED) is 0.385. The number of hydrogen-bond donors (Lipinski definition) is 2. The van der Waals surface area contributed by atoms with Crippen LogP contribution >= 0.6 is 11.3 Å². The topological polar surface area (TPSA) is 93.6 Å². The van der Waals surface area contributed by atoms with E-state index in [1.807, 2.05) is 35.7 Å². The average molecular weight is 524 g/mol. The van der Waals surface area contributed by atoms with E-state index in [-0.39, 0.29) is 22.6 Å². The van der Waals surface area contributed by atoms with Crippen molar-refractivity contribution in [2.24, 2.45) is 0 Å². The highest BCUT2D eigenvalue weighted by atomic mass is 32.1. The first kappa shape index (κ1) is 26.5. The minimum atomic E-state index is -0.434. The number of fused-ring (bicyclic) bond motifs is 1. The number of rotatable bonds is 10. The number of amides is 2. The molecule has 9 heteroatoms. The van der Waals surface area contributed by atoms with E-state index < -0.39 is 11.8 Å². The summed E-state index contributed by atoms with van der Waals surface area (Å²) < 4.78 is 5.90. The fraction of sp³-hybridized carbons (Fsp3) is 0.357. The molecule has 0 fully saturated rings. The van der Waals surface area contributed by atoms with E-state index in [0.717, 1.165) is 47.3 Å². The number of benzene rings is 2. The van der Waals surface area contributed by atoms with E-state index in [9.17, 15) is 19.8 Å². The van der Waals surface area contributed by atoms with Crippen molar-refractivity contribution in [3.05, 3.63) is 75.0 Å². The van der Waals surface area contributed by atoms with Gasteiger partial charge in [-0.25, -0.2) is 0 Å².